The highest BCUT2D eigenvalue weighted by Crippen LogP contribution is 2.26. The molecule has 2 heterocycles. The van der Waals surface area contributed by atoms with Gasteiger partial charge in [-0.2, -0.15) is 0 Å². The van der Waals surface area contributed by atoms with Gasteiger partial charge in [-0.3, -0.25) is 4.79 Å². The third kappa shape index (κ3) is 3.40. The third-order valence-electron chi connectivity index (χ3n) is 4.33. The van der Waals surface area contributed by atoms with Crippen molar-refractivity contribution < 1.29 is 14.7 Å². The van der Waals surface area contributed by atoms with Gasteiger partial charge in [-0.25, -0.2) is 9.78 Å². The minimum Gasteiger partial charge on any atom is -0.481 e. The summed E-state index contributed by atoms with van der Waals surface area (Å²) in [5.74, 6) is -1.24. The number of rotatable bonds is 4. The van der Waals surface area contributed by atoms with Crippen LogP contribution in [-0.4, -0.2) is 46.6 Å². The number of carbonyl (C=O) groups excluding carboxylic acids is 1. The Morgan fingerprint density at radius 3 is 2.91 bits per heavy atom. The van der Waals surface area contributed by atoms with Crippen LogP contribution in [0.3, 0.4) is 0 Å². The Morgan fingerprint density at radius 1 is 1.36 bits per heavy atom. The van der Waals surface area contributed by atoms with Crippen LogP contribution in [0.2, 0.25) is 0 Å². The fourth-order valence-electron chi connectivity index (χ4n) is 3.05. The van der Waals surface area contributed by atoms with Crippen LogP contribution in [-0.2, 0) is 24.1 Å². The molecular formula is C15H21N3O3S. The summed E-state index contributed by atoms with van der Waals surface area (Å²) >= 11 is 1.77. The zero-order valence-electron chi connectivity index (χ0n) is 12.5. The molecule has 3 rings (SSSR count). The molecule has 0 radical (unpaired) electrons. The molecule has 2 N–H and O–H groups in total. The van der Waals surface area contributed by atoms with Crippen LogP contribution in [0.4, 0.5) is 4.79 Å². The monoisotopic (exact) mass is 323 g/mol. The van der Waals surface area contributed by atoms with Crippen LogP contribution >= 0.6 is 11.3 Å². The van der Waals surface area contributed by atoms with Gasteiger partial charge in [0, 0.05) is 30.9 Å². The lowest BCUT2D eigenvalue weighted by atomic mass is 10.0. The van der Waals surface area contributed by atoms with E-state index in [9.17, 15) is 9.59 Å². The Bertz CT molecular complexity index is 549. The average molecular weight is 323 g/mol. The topological polar surface area (TPSA) is 82.5 Å². The Morgan fingerprint density at radius 2 is 2.18 bits per heavy atom. The van der Waals surface area contributed by atoms with Gasteiger partial charge in [-0.1, -0.05) is 0 Å². The molecule has 1 atom stereocenters. The molecule has 0 bridgehead atoms. The number of amides is 2. The largest absolute Gasteiger partial charge is 0.481 e. The standard InChI is InChI=1S/C15H21N3O3S/c19-14(20)10-6-8-18(9-10)15(21)16-7-5-13-17-11-3-1-2-4-12(11)22-13/h10H,1-9H2,(H,16,21)(H,19,20). The molecule has 1 saturated heterocycles. The molecule has 0 saturated carbocycles. The number of likely N-dealkylation sites (tertiary alicyclic amines) is 1. The van der Waals surface area contributed by atoms with E-state index < -0.39 is 11.9 Å². The van der Waals surface area contributed by atoms with E-state index in [0.29, 0.717) is 26.1 Å². The second-order valence-electron chi connectivity index (χ2n) is 5.94. The predicted octanol–water partition coefficient (Wildman–Crippen LogP) is 1.68. The Balaban J connectivity index is 1.44. The van der Waals surface area contributed by atoms with Crippen molar-refractivity contribution in [2.75, 3.05) is 19.6 Å². The number of carbonyl (C=O) groups is 2. The SMILES string of the molecule is O=C(O)C1CCN(C(=O)NCCc2nc3c(s2)CCCC3)C1. The molecule has 1 aliphatic carbocycles. The van der Waals surface area contributed by atoms with Crippen LogP contribution in [0.15, 0.2) is 0 Å². The van der Waals surface area contributed by atoms with Gasteiger partial charge in [0.1, 0.15) is 0 Å². The maximum atomic E-state index is 12.0. The summed E-state index contributed by atoms with van der Waals surface area (Å²) in [5, 5.41) is 12.9. The summed E-state index contributed by atoms with van der Waals surface area (Å²) in [6.45, 7) is 1.39. The molecule has 1 aromatic heterocycles. The molecule has 6 nitrogen and oxygen atoms in total. The van der Waals surface area contributed by atoms with Gasteiger partial charge in [0.25, 0.3) is 0 Å². The highest BCUT2D eigenvalue weighted by molar-refractivity contribution is 7.11. The maximum absolute atomic E-state index is 12.0. The average Bonchev–Trinajstić information content (AvgIpc) is 3.13. The van der Waals surface area contributed by atoms with Crippen LogP contribution < -0.4 is 5.32 Å². The number of nitrogens with one attached hydrogen (secondary N) is 1. The Kier molecular flexibility index (Phi) is 4.61. The number of hydrogen-bond acceptors (Lipinski definition) is 4. The minimum absolute atomic E-state index is 0.162. The van der Waals surface area contributed by atoms with E-state index in [1.54, 1.807) is 16.2 Å². The number of hydrogen-bond donors (Lipinski definition) is 2. The molecular weight excluding hydrogens is 302 g/mol. The van der Waals surface area contributed by atoms with Crippen molar-refractivity contribution in [1.29, 1.82) is 0 Å². The highest BCUT2D eigenvalue weighted by Gasteiger charge is 2.30. The van der Waals surface area contributed by atoms with E-state index in [-0.39, 0.29) is 6.03 Å². The van der Waals surface area contributed by atoms with E-state index in [2.05, 4.69) is 10.3 Å². The molecule has 22 heavy (non-hydrogen) atoms. The molecule has 1 aliphatic heterocycles. The first-order valence-electron chi connectivity index (χ1n) is 7.86. The number of carboxylic acid groups (broad SMARTS) is 1. The first-order chi connectivity index (χ1) is 10.6. The number of carboxylic acids is 1. The first kappa shape index (κ1) is 15.3. The molecule has 2 aliphatic rings. The first-order valence-corrected chi connectivity index (χ1v) is 8.68. The van der Waals surface area contributed by atoms with Gasteiger partial charge in [0.2, 0.25) is 0 Å². The number of aromatic nitrogens is 1. The fraction of sp³-hybridized carbons (Fsp3) is 0.667. The van der Waals surface area contributed by atoms with Gasteiger partial charge in [0.05, 0.1) is 16.6 Å². The number of nitrogens with zero attached hydrogens (tertiary/aromatic N) is 2. The van der Waals surface area contributed by atoms with Gasteiger partial charge in [-0.05, 0) is 32.1 Å². The normalized spacial score (nSPS) is 20.7. The summed E-state index contributed by atoms with van der Waals surface area (Å²) in [6.07, 6.45) is 6.01. The number of urea groups is 1. The second kappa shape index (κ2) is 6.64. The summed E-state index contributed by atoms with van der Waals surface area (Å²) in [4.78, 5) is 30.6. The predicted molar refractivity (Wildman–Crippen MR) is 83.2 cm³/mol. The summed E-state index contributed by atoms with van der Waals surface area (Å²) in [5.41, 5.74) is 1.25. The number of aryl methyl sites for hydroxylation is 2. The summed E-state index contributed by atoms with van der Waals surface area (Å²) in [7, 11) is 0. The van der Waals surface area contributed by atoms with Gasteiger partial charge >= 0.3 is 12.0 Å². The van der Waals surface area contributed by atoms with Gasteiger partial charge in [-0.15, -0.1) is 11.3 Å². The summed E-state index contributed by atoms with van der Waals surface area (Å²) in [6, 6.07) is -0.162. The van der Waals surface area contributed by atoms with E-state index >= 15 is 0 Å². The highest BCUT2D eigenvalue weighted by atomic mass is 32.1. The molecule has 7 heteroatoms. The van der Waals surface area contributed by atoms with E-state index in [1.165, 1.54) is 23.4 Å². The zero-order valence-corrected chi connectivity index (χ0v) is 13.3. The number of aliphatic carboxylic acids is 1. The molecule has 1 fully saturated rings. The molecule has 1 unspecified atom stereocenters. The lowest BCUT2D eigenvalue weighted by Crippen LogP contribution is -2.39. The Hall–Kier alpha value is -1.63. The van der Waals surface area contributed by atoms with Crippen molar-refractivity contribution in [3.63, 3.8) is 0 Å². The maximum Gasteiger partial charge on any atom is 0.317 e. The van der Waals surface area contributed by atoms with Crippen molar-refractivity contribution in [2.45, 2.75) is 38.5 Å². The van der Waals surface area contributed by atoms with Crippen LogP contribution in [0.1, 0.15) is 34.8 Å². The molecule has 0 spiro atoms. The van der Waals surface area contributed by atoms with Gasteiger partial charge < -0.3 is 15.3 Å². The lowest BCUT2D eigenvalue weighted by molar-refractivity contribution is -0.141. The molecule has 0 aromatic carbocycles. The quantitative estimate of drug-likeness (QED) is 0.883. The Labute approximate surface area is 133 Å². The van der Waals surface area contributed by atoms with Crippen molar-refractivity contribution in [1.82, 2.24) is 15.2 Å². The smallest absolute Gasteiger partial charge is 0.317 e. The minimum atomic E-state index is -0.816. The summed E-state index contributed by atoms with van der Waals surface area (Å²) < 4.78 is 0. The van der Waals surface area contributed by atoms with Crippen LogP contribution in [0.25, 0.3) is 0 Å². The van der Waals surface area contributed by atoms with E-state index in [1.807, 2.05) is 0 Å². The molecule has 2 amide bonds. The van der Waals surface area contributed by atoms with E-state index in [0.717, 1.165) is 24.3 Å². The van der Waals surface area contributed by atoms with Crippen molar-refractivity contribution in [3.05, 3.63) is 15.6 Å². The number of fused-ring (bicyclic) bond motifs is 1. The molecule has 1 aromatic rings. The van der Waals surface area contributed by atoms with Crippen molar-refractivity contribution in [2.24, 2.45) is 5.92 Å². The van der Waals surface area contributed by atoms with Crippen molar-refractivity contribution in [3.8, 4) is 0 Å². The lowest BCUT2D eigenvalue weighted by Gasteiger charge is -2.16. The zero-order chi connectivity index (χ0) is 15.5. The van der Waals surface area contributed by atoms with Crippen LogP contribution in [0.5, 0.6) is 0 Å². The molecule has 120 valence electrons. The number of thiazole rings is 1. The van der Waals surface area contributed by atoms with E-state index in [4.69, 9.17) is 5.11 Å². The van der Waals surface area contributed by atoms with Gasteiger partial charge in [0.15, 0.2) is 0 Å². The van der Waals surface area contributed by atoms with Crippen molar-refractivity contribution >= 4 is 23.3 Å². The third-order valence-corrected chi connectivity index (χ3v) is 5.55. The fourth-order valence-corrected chi connectivity index (χ4v) is 4.20. The second-order valence-corrected chi connectivity index (χ2v) is 7.10. The van der Waals surface area contributed by atoms with Crippen LogP contribution in [0, 0.1) is 5.92 Å².